The Labute approximate surface area is 97.9 Å². The van der Waals surface area contributed by atoms with Crippen LogP contribution in [0.5, 0.6) is 0 Å². The summed E-state index contributed by atoms with van der Waals surface area (Å²) < 4.78 is 34.1. The van der Waals surface area contributed by atoms with E-state index >= 15 is 0 Å². The second kappa shape index (κ2) is 10.9. The molecule has 0 saturated heterocycles. The number of rotatable bonds is 0. The third-order valence-electron chi connectivity index (χ3n) is 0. The topological polar surface area (TPSA) is 120 Å². The van der Waals surface area contributed by atoms with E-state index in [1.165, 1.54) is 0 Å². The van der Waals surface area contributed by atoms with Crippen LogP contribution in [0.2, 0.25) is 0 Å². The summed E-state index contributed by atoms with van der Waals surface area (Å²) in [5.74, 6) is -1.08. The molecule has 0 saturated carbocycles. The molecule has 0 aromatic rings. The van der Waals surface area contributed by atoms with Crippen molar-refractivity contribution in [2.45, 2.75) is 6.92 Å². The van der Waals surface area contributed by atoms with Crippen molar-refractivity contribution in [1.29, 1.82) is 0 Å². The van der Waals surface area contributed by atoms with Crippen LogP contribution in [0.3, 0.4) is 0 Å². The van der Waals surface area contributed by atoms with Gasteiger partial charge in [0.2, 0.25) is 0 Å². The molecule has 0 aliphatic rings. The number of carbonyl (C=O) groups is 1. The molecule has 0 aliphatic heterocycles. The molecule has 0 aromatic heterocycles. The molecular weight excluding hydrogens is 390 g/mol. The molecule has 0 heterocycles. The van der Waals surface area contributed by atoms with Crippen molar-refractivity contribution in [3.05, 3.63) is 0 Å². The fourth-order valence-corrected chi connectivity index (χ4v) is 0. The summed E-state index contributed by atoms with van der Waals surface area (Å²) in [6.07, 6.45) is 0. The Morgan fingerprint density at radius 2 is 1.18 bits per heavy atom. The van der Waals surface area contributed by atoms with Gasteiger partial charge in [0.1, 0.15) is 0 Å². The van der Waals surface area contributed by atoms with Crippen molar-refractivity contribution in [3.63, 3.8) is 0 Å². The molecule has 11 heavy (non-hydrogen) atoms. The summed E-state index contributed by atoms with van der Waals surface area (Å²) in [6.45, 7) is 0.972. The quantitative estimate of drug-likeness (QED) is 0.241. The Bertz CT molecular complexity index is 161. The maximum atomic E-state index is 8.89. The molecule has 0 spiro atoms. The molecule has 0 unspecified atom stereocenters. The molecule has 0 aromatic carbocycles. The summed E-state index contributed by atoms with van der Waals surface area (Å²) in [4.78, 5) is 8.89. The minimum Gasteiger partial charge on any atom is -0.759 e. The summed E-state index contributed by atoms with van der Waals surface area (Å²) >= 11 is 0. The largest absolute Gasteiger partial charge is 4.00 e. The summed E-state index contributed by atoms with van der Waals surface area (Å²) in [5, 5.41) is 8.89. The van der Waals surface area contributed by atoms with Crippen molar-refractivity contribution in [3.8, 4) is 0 Å². The molecule has 0 N–H and O–H groups in total. The number of carbonyl (C=O) groups excluding carboxylic acids is 1. The third-order valence-corrected chi connectivity index (χ3v) is 0. The van der Waals surface area contributed by atoms with Gasteiger partial charge in [-0.05, 0) is 6.92 Å². The van der Waals surface area contributed by atoms with Gasteiger partial charge < -0.3 is 19.0 Å². The van der Waals surface area contributed by atoms with Crippen LogP contribution in [-0.2, 0) is 15.2 Å². The summed E-state index contributed by atoms with van der Waals surface area (Å²) in [7, 11) is -5.17. The van der Waals surface area contributed by atoms with Crippen LogP contribution in [0.4, 0.5) is 0 Å². The van der Waals surface area contributed by atoms with E-state index in [0.717, 1.165) is 6.92 Å². The van der Waals surface area contributed by atoms with E-state index < -0.39 is 16.4 Å². The van der Waals surface area contributed by atoms with Crippen LogP contribution in [0.15, 0.2) is 0 Å². The summed E-state index contributed by atoms with van der Waals surface area (Å²) in [5.41, 5.74) is 0. The standard InChI is InChI=1S/C2H4O2.H2O4S.2Sn/c1-2(3)4;1-5(2,3)4;;/h1H3,(H,3,4);(H2,1,2,3,4);;/q;;2*+4/p-3. The molecule has 0 bridgehead atoms. The van der Waals surface area contributed by atoms with Gasteiger partial charge >= 0.3 is 47.8 Å². The monoisotopic (exact) mass is 395 g/mol. The second-order valence-electron chi connectivity index (χ2n) is 0.900. The van der Waals surface area contributed by atoms with Crippen LogP contribution < -0.4 is 5.11 Å². The van der Waals surface area contributed by atoms with Gasteiger partial charge in [0, 0.05) is 16.4 Å². The Hall–Kier alpha value is 0.937. The molecular formula is C2H3O6SSn2+5. The average molecular weight is 393 g/mol. The normalized spacial score (nSPS) is 7.55. The van der Waals surface area contributed by atoms with Gasteiger partial charge in [-0.25, -0.2) is 0 Å². The zero-order chi connectivity index (χ0) is 8.08. The third kappa shape index (κ3) is 994. The van der Waals surface area contributed by atoms with Crippen molar-refractivity contribution in [2.24, 2.45) is 0 Å². The number of carboxylic acids is 1. The fraction of sp³-hybridized carbons (Fsp3) is 0.500. The van der Waals surface area contributed by atoms with Crippen molar-refractivity contribution in [1.82, 2.24) is 0 Å². The number of hydrogen-bond donors (Lipinski definition) is 0. The van der Waals surface area contributed by atoms with Crippen molar-refractivity contribution < 1.29 is 27.4 Å². The van der Waals surface area contributed by atoms with Crippen molar-refractivity contribution in [2.75, 3.05) is 0 Å². The minimum absolute atomic E-state index is 0. The molecule has 0 radical (unpaired) electrons. The molecule has 0 atom stereocenters. The predicted octanol–water partition coefficient (Wildman–Crippen LogP) is -3.34. The molecule has 6 nitrogen and oxygen atoms in total. The van der Waals surface area contributed by atoms with Crippen LogP contribution in [0.1, 0.15) is 6.92 Å². The maximum absolute atomic E-state index is 8.89. The summed E-state index contributed by atoms with van der Waals surface area (Å²) in [6, 6.07) is 0. The Morgan fingerprint density at radius 1 is 1.18 bits per heavy atom. The molecule has 56 valence electrons. The fourth-order valence-electron chi connectivity index (χ4n) is 0. The van der Waals surface area contributed by atoms with E-state index in [2.05, 4.69) is 0 Å². The van der Waals surface area contributed by atoms with Gasteiger partial charge in [-0.1, -0.05) is 0 Å². The predicted molar refractivity (Wildman–Crippen MR) is 32.7 cm³/mol. The van der Waals surface area contributed by atoms with Gasteiger partial charge in [0.15, 0.2) is 0 Å². The Kier molecular flexibility index (Phi) is 22.5. The number of aliphatic carboxylic acids is 1. The molecule has 0 rings (SSSR count). The first-order valence-electron chi connectivity index (χ1n) is 1.57. The zero-order valence-electron chi connectivity index (χ0n) is 5.36. The maximum Gasteiger partial charge on any atom is 4.00 e. The van der Waals surface area contributed by atoms with Gasteiger partial charge in [-0.15, -0.1) is 0 Å². The van der Waals surface area contributed by atoms with E-state index in [0.29, 0.717) is 0 Å². The smallest absolute Gasteiger partial charge is 0.759 e. The first-order valence-corrected chi connectivity index (χ1v) is 2.91. The SMILES string of the molecule is CC(=O)[O-].O=S(=O)([O-])[O-].[Sn+4].[Sn+4]. The molecule has 0 amide bonds. The van der Waals surface area contributed by atoms with E-state index in [9.17, 15) is 0 Å². The molecule has 9 heteroatoms. The van der Waals surface area contributed by atoms with Crippen molar-refractivity contribution >= 4 is 64.2 Å². The number of carboxylic acid groups (broad SMARTS) is 1. The Balaban J connectivity index is -0.0000000383. The van der Waals surface area contributed by atoms with Crippen LogP contribution in [0.25, 0.3) is 0 Å². The molecule has 0 fully saturated rings. The number of hydrogen-bond acceptors (Lipinski definition) is 6. The molecule has 0 aliphatic carbocycles. The Morgan fingerprint density at radius 3 is 1.18 bits per heavy atom. The van der Waals surface area contributed by atoms with Crippen LogP contribution in [0, 0.1) is 0 Å². The zero-order valence-corrected chi connectivity index (χ0v) is 11.9. The van der Waals surface area contributed by atoms with Crippen LogP contribution >= 0.6 is 0 Å². The van der Waals surface area contributed by atoms with Gasteiger partial charge in [0.25, 0.3) is 0 Å². The van der Waals surface area contributed by atoms with Gasteiger partial charge in [-0.3, -0.25) is 8.42 Å². The first kappa shape index (κ1) is 22.7. The van der Waals surface area contributed by atoms with Gasteiger partial charge in [-0.2, -0.15) is 0 Å². The van der Waals surface area contributed by atoms with E-state index in [1.807, 2.05) is 0 Å². The average Bonchev–Trinajstić information content (AvgIpc) is 1.19. The minimum atomic E-state index is -5.17. The second-order valence-corrected chi connectivity index (χ2v) is 1.72. The van der Waals surface area contributed by atoms with E-state index in [-0.39, 0.29) is 47.8 Å². The van der Waals surface area contributed by atoms with Gasteiger partial charge in [0.05, 0.1) is 0 Å². The van der Waals surface area contributed by atoms with E-state index in [4.69, 9.17) is 27.4 Å². The van der Waals surface area contributed by atoms with E-state index in [1.54, 1.807) is 0 Å². The first-order chi connectivity index (χ1) is 3.73. The van der Waals surface area contributed by atoms with Crippen LogP contribution in [-0.4, -0.2) is 71.3 Å².